The van der Waals surface area contributed by atoms with Crippen molar-refractivity contribution in [3.63, 3.8) is 0 Å². The first-order valence-electron chi connectivity index (χ1n) is 10.5. The lowest BCUT2D eigenvalue weighted by Crippen LogP contribution is -2.26. The average Bonchev–Trinajstić information content (AvgIpc) is 2.79. The van der Waals surface area contributed by atoms with Crippen LogP contribution in [0.1, 0.15) is 68.4 Å². The summed E-state index contributed by atoms with van der Waals surface area (Å²) in [5, 5.41) is 8.70. The summed E-state index contributed by atoms with van der Waals surface area (Å²) >= 11 is 3.13. The van der Waals surface area contributed by atoms with Crippen molar-refractivity contribution in [1.29, 1.82) is 0 Å². The van der Waals surface area contributed by atoms with Gasteiger partial charge in [0.2, 0.25) is 0 Å². The van der Waals surface area contributed by atoms with Gasteiger partial charge in [-0.1, -0.05) is 50.3 Å². The number of carboxylic acids is 1. The van der Waals surface area contributed by atoms with E-state index < -0.39 is 21.8 Å². The van der Waals surface area contributed by atoms with Crippen molar-refractivity contribution in [3.8, 4) is 0 Å². The number of halogens is 2. The number of fused-ring (bicyclic) bond motifs is 2. The smallest absolute Gasteiger partial charge is 0.303 e. The van der Waals surface area contributed by atoms with Gasteiger partial charge in [0.25, 0.3) is 10.0 Å². The summed E-state index contributed by atoms with van der Waals surface area (Å²) in [5.74, 6) is -1.45. The maximum absolute atomic E-state index is 14.5. The fraction of sp³-hybridized carbons (Fsp3) is 0.435. The molecular formula is C23H27BrFNO4S. The Kier molecular flexibility index (Phi) is 7.75. The van der Waals surface area contributed by atoms with Crippen LogP contribution in [0, 0.1) is 5.82 Å². The Bertz CT molecular complexity index is 1060. The minimum atomic E-state index is -3.81. The Labute approximate surface area is 191 Å². The van der Waals surface area contributed by atoms with E-state index in [1.54, 1.807) is 6.07 Å². The zero-order valence-corrected chi connectivity index (χ0v) is 19.9. The molecule has 3 rings (SSSR count). The largest absolute Gasteiger partial charge is 0.481 e. The zero-order valence-electron chi connectivity index (χ0n) is 17.5. The van der Waals surface area contributed by atoms with Crippen molar-refractivity contribution in [2.24, 2.45) is 0 Å². The van der Waals surface area contributed by atoms with Gasteiger partial charge < -0.3 is 5.11 Å². The number of rotatable bonds is 9. The highest BCUT2D eigenvalue weighted by Gasteiger charge is 2.35. The molecular weight excluding hydrogens is 485 g/mol. The number of benzene rings is 2. The molecule has 0 saturated heterocycles. The third kappa shape index (κ3) is 5.29. The highest BCUT2D eigenvalue weighted by molar-refractivity contribution is 9.10. The SMILES string of the molecule is CN1c2ccccc2C(CCCCCCCCC(=O)O)c2cc(F)c(Br)cc2S1(=O)=O. The summed E-state index contributed by atoms with van der Waals surface area (Å²) < 4.78 is 42.4. The number of hydrogen-bond acceptors (Lipinski definition) is 3. The first-order chi connectivity index (χ1) is 14.7. The molecule has 31 heavy (non-hydrogen) atoms. The molecule has 168 valence electrons. The molecule has 0 spiro atoms. The van der Waals surface area contributed by atoms with Crippen LogP contribution in [0.2, 0.25) is 0 Å². The number of hydrogen-bond donors (Lipinski definition) is 1. The molecule has 1 aliphatic heterocycles. The van der Waals surface area contributed by atoms with Crippen LogP contribution in [-0.4, -0.2) is 26.5 Å². The number of nitrogens with zero attached hydrogens (tertiary/aromatic N) is 1. The third-order valence-corrected chi connectivity index (χ3v) is 8.29. The molecule has 0 bridgehead atoms. The van der Waals surface area contributed by atoms with Gasteiger partial charge in [0, 0.05) is 19.4 Å². The Morgan fingerprint density at radius 1 is 1.06 bits per heavy atom. The van der Waals surface area contributed by atoms with Gasteiger partial charge in [-0.25, -0.2) is 12.8 Å². The van der Waals surface area contributed by atoms with E-state index in [0.717, 1.165) is 37.7 Å². The molecule has 1 aliphatic rings. The van der Waals surface area contributed by atoms with Crippen LogP contribution in [0.15, 0.2) is 45.8 Å². The molecule has 1 atom stereocenters. The highest BCUT2D eigenvalue weighted by atomic mass is 79.9. The van der Waals surface area contributed by atoms with Crippen LogP contribution in [0.5, 0.6) is 0 Å². The van der Waals surface area contributed by atoms with Crippen LogP contribution in [0.3, 0.4) is 0 Å². The van der Waals surface area contributed by atoms with E-state index >= 15 is 0 Å². The van der Waals surface area contributed by atoms with Crippen LogP contribution >= 0.6 is 15.9 Å². The summed E-state index contributed by atoms with van der Waals surface area (Å²) in [6.45, 7) is 0. The second-order valence-corrected chi connectivity index (χ2v) is 10.7. The highest BCUT2D eigenvalue weighted by Crippen LogP contribution is 2.44. The van der Waals surface area contributed by atoms with Crippen molar-refractivity contribution < 1.29 is 22.7 Å². The lowest BCUT2D eigenvalue weighted by atomic mass is 9.85. The molecule has 2 aromatic carbocycles. The van der Waals surface area contributed by atoms with Gasteiger partial charge in [0.15, 0.2) is 0 Å². The molecule has 1 N–H and O–H groups in total. The molecule has 0 saturated carbocycles. The molecule has 1 unspecified atom stereocenters. The number of sulfonamides is 1. The standard InChI is InChI=1S/C23H27BrFNO4S/c1-26-21-12-9-8-11-17(21)16(10-6-4-2-3-5-7-13-23(27)28)18-14-20(25)19(24)15-22(18)31(26,29)30/h8-9,11-12,14-16H,2-7,10,13H2,1H3,(H,27,28). The average molecular weight is 512 g/mol. The fourth-order valence-electron chi connectivity index (χ4n) is 4.20. The van der Waals surface area contributed by atoms with E-state index in [1.807, 2.05) is 18.2 Å². The van der Waals surface area contributed by atoms with Gasteiger partial charge >= 0.3 is 5.97 Å². The number of carboxylic acid groups (broad SMARTS) is 1. The summed E-state index contributed by atoms with van der Waals surface area (Å²) in [6, 6.07) is 10.1. The van der Waals surface area contributed by atoms with E-state index in [2.05, 4.69) is 15.9 Å². The fourth-order valence-corrected chi connectivity index (χ4v) is 6.18. The Hall–Kier alpha value is -1.93. The van der Waals surface area contributed by atoms with E-state index in [-0.39, 0.29) is 21.7 Å². The molecule has 1 heterocycles. The van der Waals surface area contributed by atoms with E-state index in [4.69, 9.17) is 5.11 Å². The summed E-state index contributed by atoms with van der Waals surface area (Å²) in [6.07, 6.45) is 6.31. The van der Waals surface area contributed by atoms with Gasteiger partial charge in [-0.2, -0.15) is 0 Å². The van der Waals surface area contributed by atoms with Crippen LogP contribution in [-0.2, 0) is 14.8 Å². The summed E-state index contributed by atoms with van der Waals surface area (Å²) in [7, 11) is -2.27. The van der Waals surface area contributed by atoms with Gasteiger partial charge in [-0.15, -0.1) is 0 Å². The minimum absolute atomic E-state index is 0.134. The summed E-state index contributed by atoms with van der Waals surface area (Å²) in [5.41, 5.74) is 2.00. The third-order valence-electron chi connectivity index (χ3n) is 5.85. The molecule has 0 amide bonds. The lowest BCUT2D eigenvalue weighted by molar-refractivity contribution is -0.137. The summed E-state index contributed by atoms with van der Waals surface area (Å²) in [4.78, 5) is 10.7. The first kappa shape index (κ1) is 23.7. The van der Waals surface area contributed by atoms with Crippen LogP contribution in [0.25, 0.3) is 0 Å². The van der Waals surface area contributed by atoms with E-state index in [0.29, 0.717) is 24.1 Å². The van der Waals surface area contributed by atoms with Crippen LogP contribution < -0.4 is 4.31 Å². The molecule has 8 heteroatoms. The molecule has 2 aromatic rings. The van der Waals surface area contributed by atoms with Crippen molar-refractivity contribution in [2.45, 2.75) is 62.2 Å². The van der Waals surface area contributed by atoms with E-state index in [1.165, 1.54) is 23.5 Å². The monoisotopic (exact) mass is 511 g/mol. The van der Waals surface area contributed by atoms with Crippen molar-refractivity contribution >= 4 is 37.6 Å². The minimum Gasteiger partial charge on any atom is -0.481 e. The molecule has 0 radical (unpaired) electrons. The van der Waals surface area contributed by atoms with Crippen molar-refractivity contribution in [3.05, 3.63) is 57.8 Å². The quantitative estimate of drug-likeness (QED) is 0.415. The number of aliphatic carboxylic acids is 1. The number of anilines is 1. The molecule has 0 fully saturated rings. The topological polar surface area (TPSA) is 74.7 Å². The lowest BCUT2D eigenvalue weighted by Gasteiger charge is -2.21. The Morgan fingerprint density at radius 3 is 2.42 bits per heavy atom. The van der Waals surface area contributed by atoms with Crippen LogP contribution in [0.4, 0.5) is 10.1 Å². The first-order valence-corrected chi connectivity index (χ1v) is 12.8. The normalized spacial score (nSPS) is 17.0. The Morgan fingerprint density at radius 2 is 1.71 bits per heavy atom. The van der Waals surface area contributed by atoms with Gasteiger partial charge in [-0.3, -0.25) is 9.10 Å². The molecule has 0 aliphatic carbocycles. The Balaban J connectivity index is 1.82. The van der Waals surface area contributed by atoms with Crippen molar-refractivity contribution in [1.82, 2.24) is 0 Å². The van der Waals surface area contributed by atoms with Gasteiger partial charge in [0.05, 0.1) is 15.1 Å². The van der Waals surface area contributed by atoms with Gasteiger partial charge in [0.1, 0.15) is 5.82 Å². The van der Waals surface area contributed by atoms with Crippen molar-refractivity contribution in [2.75, 3.05) is 11.4 Å². The number of carbonyl (C=O) groups is 1. The zero-order chi connectivity index (χ0) is 22.6. The second kappa shape index (κ2) is 10.1. The van der Waals surface area contributed by atoms with Gasteiger partial charge in [-0.05, 0) is 58.1 Å². The second-order valence-electron chi connectivity index (χ2n) is 7.94. The predicted octanol–water partition coefficient (Wildman–Crippen LogP) is 6.06. The maximum Gasteiger partial charge on any atom is 0.303 e. The molecule has 0 aromatic heterocycles. The maximum atomic E-state index is 14.5. The number of unbranched alkanes of at least 4 members (excludes halogenated alkanes) is 5. The number of para-hydroxylation sites is 1. The molecule has 5 nitrogen and oxygen atoms in total. The van der Waals surface area contributed by atoms with E-state index in [9.17, 15) is 17.6 Å². The predicted molar refractivity (Wildman–Crippen MR) is 123 cm³/mol.